The van der Waals surface area contributed by atoms with Gasteiger partial charge < -0.3 is 0 Å². The van der Waals surface area contributed by atoms with Gasteiger partial charge in [0, 0.05) is 0 Å². The summed E-state index contributed by atoms with van der Waals surface area (Å²) in [7, 11) is 0. The van der Waals surface area contributed by atoms with E-state index >= 15 is 0 Å². The van der Waals surface area contributed by atoms with Crippen LogP contribution in [0.5, 0.6) is 0 Å². The van der Waals surface area contributed by atoms with E-state index in [4.69, 9.17) is 0 Å². The van der Waals surface area contributed by atoms with E-state index in [1.165, 1.54) is 63.8 Å². The van der Waals surface area contributed by atoms with Crippen LogP contribution in [0.1, 0.15) is 64.7 Å². The topological polar surface area (TPSA) is 0 Å². The van der Waals surface area contributed by atoms with Gasteiger partial charge in [0.1, 0.15) is 0 Å². The van der Waals surface area contributed by atoms with Crippen molar-refractivity contribution >= 4 is 36.6 Å². The van der Waals surface area contributed by atoms with Crippen LogP contribution in [0.2, 0.25) is 6.04 Å². The molecule has 0 aliphatic heterocycles. The third kappa shape index (κ3) is 13.2. The number of hydrogen-bond donors (Lipinski definition) is 0. The summed E-state index contributed by atoms with van der Waals surface area (Å²) in [6.45, 7) is 2.28. The zero-order chi connectivity index (χ0) is 10.6. The van der Waals surface area contributed by atoms with Crippen molar-refractivity contribution in [3.05, 3.63) is 0 Å². The smallest absolute Gasteiger partial charge is 0.116 e. The highest BCUT2D eigenvalue weighted by atomic mass is 79.9. The standard InChI is InChI=1S/C11H24Br2Si/c1-2-3-4-5-6-7-8-9-10-11-14(12)13/h14H,2-11H2,1H3. The number of halogens is 2. The molecule has 14 heavy (non-hydrogen) atoms. The van der Waals surface area contributed by atoms with Gasteiger partial charge in [0.2, 0.25) is 0 Å². The van der Waals surface area contributed by atoms with Crippen LogP contribution in [-0.4, -0.2) is 6.04 Å². The summed E-state index contributed by atoms with van der Waals surface area (Å²) in [5.41, 5.74) is 0. The van der Waals surface area contributed by atoms with E-state index in [0.717, 1.165) is 0 Å². The van der Waals surface area contributed by atoms with E-state index in [1.807, 2.05) is 0 Å². The lowest BCUT2D eigenvalue weighted by Crippen LogP contribution is -1.89. The second-order valence-electron chi connectivity index (χ2n) is 4.01. The van der Waals surface area contributed by atoms with Crippen LogP contribution in [-0.2, 0) is 0 Å². The van der Waals surface area contributed by atoms with E-state index in [2.05, 4.69) is 37.5 Å². The second-order valence-corrected chi connectivity index (χ2v) is 15.7. The molecule has 0 spiro atoms. The SMILES string of the molecule is CCCCCCCCCCC[SiH](Br)Br. The molecule has 0 aromatic rings. The van der Waals surface area contributed by atoms with Gasteiger partial charge in [-0.1, -0.05) is 64.7 Å². The molecule has 0 saturated heterocycles. The second kappa shape index (κ2) is 12.2. The molecule has 0 aromatic carbocycles. The molecule has 0 rings (SSSR count). The summed E-state index contributed by atoms with van der Waals surface area (Å²) in [4.78, 5) is 0. The molecule has 0 heterocycles. The van der Waals surface area contributed by atoms with Crippen molar-refractivity contribution in [2.45, 2.75) is 70.8 Å². The van der Waals surface area contributed by atoms with Crippen molar-refractivity contribution in [3.8, 4) is 0 Å². The summed E-state index contributed by atoms with van der Waals surface area (Å²) in [6, 6.07) is 0.779. The van der Waals surface area contributed by atoms with Crippen LogP contribution in [0.3, 0.4) is 0 Å². The van der Waals surface area contributed by atoms with Gasteiger partial charge >= 0.3 is 0 Å². The molecule has 0 atom stereocenters. The maximum atomic E-state index is 3.64. The molecule has 0 amide bonds. The number of unbranched alkanes of at least 4 members (excludes halogenated alkanes) is 8. The molecular formula is C11H24Br2Si. The van der Waals surface area contributed by atoms with Crippen LogP contribution >= 0.6 is 30.6 Å². The lowest BCUT2D eigenvalue weighted by Gasteiger charge is -2.01. The Labute approximate surface area is 107 Å². The molecule has 86 valence electrons. The summed E-state index contributed by atoms with van der Waals surface area (Å²) >= 11 is 7.28. The predicted octanol–water partition coefficient (Wildman–Crippen LogP) is 5.53. The minimum Gasteiger partial charge on any atom is -0.116 e. The molecule has 0 saturated carbocycles. The zero-order valence-corrected chi connectivity index (χ0v) is 13.7. The summed E-state index contributed by atoms with van der Waals surface area (Å²) < 4.78 is 0. The van der Waals surface area contributed by atoms with Gasteiger partial charge in [0.05, 0.1) is 0 Å². The zero-order valence-electron chi connectivity index (χ0n) is 9.40. The third-order valence-corrected chi connectivity index (χ3v) is 6.12. The molecule has 0 fully saturated rings. The fourth-order valence-electron chi connectivity index (χ4n) is 1.61. The van der Waals surface area contributed by atoms with E-state index in [-0.39, 0.29) is 0 Å². The maximum Gasteiger partial charge on any atom is 0.186 e. The molecule has 0 N–H and O–H groups in total. The first kappa shape index (κ1) is 15.2. The van der Waals surface area contributed by atoms with Crippen molar-refractivity contribution in [1.82, 2.24) is 0 Å². The van der Waals surface area contributed by atoms with Crippen LogP contribution in [0.25, 0.3) is 0 Å². The minimum absolute atomic E-state index is 0.620. The molecule has 0 bridgehead atoms. The monoisotopic (exact) mass is 342 g/mol. The molecular weight excluding hydrogens is 320 g/mol. The van der Waals surface area contributed by atoms with E-state index in [1.54, 1.807) is 0 Å². The Morgan fingerprint density at radius 3 is 1.57 bits per heavy atom. The quantitative estimate of drug-likeness (QED) is 0.278. The lowest BCUT2D eigenvalue weighted by atomic mass is 10.1. The average Bonchev–Trinajstić information content (AvgIpc) is 2.15. The highest BCUT2D eigenvalue weighted by Crippen LogP contribution is 2.15. The van der Waals surface area contributed by atoms with Gasteiger partial charge in [0.25, 0.3) is 0 Å². The van der Waals surface area contributed by atoms with Gasteiger partial charge in [-0.3, -0.25) is 0 Å². The van der Waals surface area contributed by atoms with Gasteiger partial charge in [-0.25, -0.2) is 0 Å². The van der Waals surface area contributed by atoms with Gasteiger partial charge in [0.15, 0.2) is 6.04 Å². The highest BCUT2D eigenvalue weighted by Gasteiger charge is 1.99. The Morgan fingerprint density at radius 1 is 0.714 bits per heavy atom. The Balaban J connectivity index is 2.85. The first-order valence-electron chi connectivity index (χ1n) is 6.05. The Bertz CT molecular complexity index is 107. The van der Waals surface area contributed by atoms with Crippen molar-refractivity contribution in [2.24, 2.45) is 0 Å². The average molecular weight is 344 g/mol. The van der Waals surface area contributed by atoms with Crippen LogP contribution in [0.4, 0.5) is 0 Å². The first-order valence-corrected chi connectivity index (χ1v) is 13.2. The fourth-order valence-corrected chi connectivity index (χ4v) is 4.15. The van der Waals surface area contributed by atoms with Gasteiger partial charge in [-0.15, -0.1) is 30.6 Å². The largest absolute Gasteiger partial charge is 0.186 e. The van der Waals surface area contributed by atoms with Crippen LogP contribution in [0, 0.1) is 0 Å². The molecule has 3 heteroatoms. The van der Waals surface area contributed by atoms with Crippen LogP contribution in [0.15, 0.2) is 0 Å². The van der Waals surface area contributed by atoms with Crippen LogP contribution < -0.4 is 0 Å². The molecule has 0 aliphatic carbocycles. The van der Waals surface area contributed by atoms with Crippen molar-refractivity contribution in [3.63, 3.8) is 0 Å². The Hall–Kier alpha value is 1.18. The molecule has 0 aromatic heterocycles. The third-order valence-electron chi connectivity index (χ3n) is 2.53. The first-order chi connectivity index (χ1) is 6.77. The number of hydrogen-bond acceptors (Lipinski definition) is 0. The van der Waals surface area contributed by atoms with E-state index in [9.17, 15) is 0 Å². The van der Waals surface area contributed by atoms with Crippen molar-refractivity contribution < 1.29 is 0 Å². The van der Waals surface area contributed by atoms with Crippen molar-refractivity contribution in [1.29, 1.82) is 0 Å². The Kier molecular flexibility index (Phi) is 13.3. The minimum atomic E-state index is -0.620. The molecule has 0 radical (unpaired) electrons. The summed E-state index contributed by atoms with van der Waals surface area (Å²) in [6.07, 6.45) is 12.9. The lowest BCUT2D eigenvalue weighted by molar-refractivity contribution is 0.572. The predicted molar refractivity (Wildman–Crippen MR) is 77.0 cm³/mol. The fraction of sp³-hybridized carbons (Fsp3) is 1.00. The number of rotatable bonds is 10. The molecule has 0 unspecified atom stereocenters. The van der Waals surface area contributed by atoms with E-state index < -0.39 is 6.04 Å². The molecule has 0 nitrogen and oxygen atoms in total. The van der Waals surface area contributed by atoms with Gasteiger partial charge in [-0.05, 0) is 6.04 Å². The normalized spacial score (nSPS) is 11.1. The molecule has 0 aliphatic rings. The van der Waals surface area contributed by atoms with Gasteiger partial charge in [-0.2, -0.15) is 0 Å². The summed E-state index contributed by atoms with van der Waals surface area (Å²) in [5.74, 6) is 0. The Morgan fingerprint density at radius 2 is 1.14 bits per heavy atom. The maximum absolute atomic E-state index is 3.64. The van der Waals surface area contributed by atoms with E-state index in [0.29, 0.717) is 0 Å². The summed E-state index contributed by atoms with van der Waals surface area (Å²) in [5, 5.41) is 0. The van der Waals surface area contributed by atoms with Crippen molar-refractivity contribution in [2.75, 3.05) is 0 Å². The highest BCUT2D eigenvalue weighted by molar-refractivity contribution is 9.49.